The number of fused-ring (bicyclic) bond motifs is 11. The fourth-order valence-electron chi connectivity index (χ4n) is 11.6. The van der Waals surface area contributed by atoms with Crippen molar-refractivity contribution in [2.45, 2.75) is 37.5 Å². The smallest absolute Gasteiger partial charge is 0.164 e. The SMILES string of the molecule is c1ccc(-c2ccc(-c3nc(-c4ccccc4)nc(-c4cccc(-c5ccc6c7cc8c(cc7n(-c7ccc9c(c7)oc7ccccc79)c6c5)-c5ccccc5C85CCCCC5)c4)n3)cc2)cc1. The van der Waals surface area contributed by atoms with Crippen molar-refractivity contribution in [3.63, 3.8) is 0 Å². The van der Waals surface area contributed by atoms with Gasteiger partial charge >= 0.3 is 0 Å². The van der Waals surface area contributed by atoms with Gasteiger partial charge in [0, 0.05) is 55.4 Å². The molecule has 9 aromatic carbocycles. The summed E-state index contributed by atoms with van der Waals surface area (Å²) in [4.78, 5) is 15.3. The fourth-order valence-corrected chi connectivity index (χ4v) is 11.6. The van der Waals surface area contributed by atoms with Crippen molar-refractivity contribution in [2.75, 3.05) is 0 Å². The van der Waals surface area contributed by atoms with Crippen LogP contribution >= 0.6 is 0 Å². The van der Waals surface area contributed by atoms with Crippen LogP contribution in [0.2, 0.25) is 0 Å². The minimum Gasteiger partial charge on any atom is -0.456 e. The number of hydrogen-bond donors (Lipinski definition) is 0. The first-order chi connectivity index (χ1) is 33.6. The van der Waals surface area contributed by atoms with E-state index in [-0.39, 0.29) is 5.41 Å². The lowest BCUT2D eigenvalue weighted by Gasteiger charge is -2.36. The van der Waals surface area contributed by atoms with Crippen molar-refractivity contribution in [2.24, 2.45) is 0 Å². The lowest BCUT2D eigenvalue weighted by atomic mass is 9.68. The van der Waals surface area contributed by atoms with E-state index in [0.717, 1.165) is 66.5 Å². The van der Waals surface area contributed by atoms with E-state index in [9.17, 15) is 0 Å². The molecule has 0 saturated heterocycles. The lowest BCUT2D eigenvalue weighted by Crippen LogP contribution is -2.27. The number of para-hydroxylation sites is 1. The quantitative estimate of drug-likeness (QED) is 0.167. The molecule has 3 aromatic heterocycles. The van der Waals surface area contributed by atoms with Gasteiger partial charge in [0.05, 0.1) is 11.0 Å². The number of rotatable bonds is 6. The first kappa shape index (κ1) is 38.8. The van der Waals surface area contributed by atoms with Gasteiger partial charge in [-0.1, -0.05) is 177 Å². The van der Waals surface area contributed by atoms with Gasteiger partial charge in [0.1, 0.15) is 11.2 Å². The molecule has 1 saturated carbocycles. The number of aromatic nitrogens is 4. The Morgan fingerprint density at radius 2 is 0.926 bits per heavy atom. The molecule has 2 aliphatic carbocycles. The molecule has 0 aliphatic heterocycles. The molecule has 1 spiro atoms. The van der Waals surface area contributed by atoms with E-state index in [1.807, 2.05) is 30.3 Å². The Kier molecular flexibility index (Phi) is 8.75. The average molecular weight is 873 g/mol. The number of hydrogen-bond acceptors (Lipinski definition) is 4. The molecule has 1 fully saturated rings. The minimum absolute atomic E-state index is 0.0568. The zero-order valence-corrected chi connectivity index (χ0v) is 37.4. The lowest BCUT2D eigenvalue weighted by molar-refractivity contribution is 0.353. The first-order valence-electron chi connectivity index (χ1n) is 23.9. The number of benzene rings is 9. The van der Waals surface area contributed by atoms with Gasteiger partial charge in [0.15, 0.2) is 17.5 Å². The molecular weight excluding hydrogens is 829 g/mol. The Hall–Kier alpha value is -8.41. The predicted molar refractivity (Wildman–Crippen MR) is 278 cm³/mol. The van der Waals surface area contributed by atoms with E-state index >= 15 is 0 Å². The van der Waals surface area contributed by atoms with Crippen molar-refractivity contribution in [1.82, 2.24) is 19.5 Å². The molecule has 0 N–H and O–H groups in total. The predicted octanol–water partition coefficient (Wildman–Crippen LogP) is 16.4. The van der Waals surface area contributed by atoms with Crippen LogP contribution in [0.25, 0.3) is 117 Å². The van der Waals surface area contributed by atoms with Gasteiger partial charge in [-0.3, -0.25) is 0 Å². The summed E-state index contributed by atoms with van der Waals surface area (Å²) in [6.45, 7) is 0. The molecule has 322 valence electrons. The highest BCUT2D eigenvalue weighted by molar-refractivity contribution is 6.13. The molecule has 0 bridgehead atoms. The third kappa shape index (κ3) is 6.12. The van der Waals surface area contributed by atoms with E-state index in [1.54, 1.807) is 0 Å². The van der Waals surface area contributed by atoms with Crippen LogP contribution in [0.4, 0.5) is 0 Å². The highest BCUT2D eigenvalue weighted by Gasteiger charge is 2.44. The molecule has 2 aliphatic rings. The Balaban J connectivity index is 0.936. The maximum Gasteiger partial charge on any atom is 0.164 e. The third-order valence-electron chi connectivity index (χ3n) is 14.9. The topological polar surface area (TPSA) is 56.7 Å². The molecule has 0 amide bonds. The van der Waals surface area contributed by atoms with Crippen LogP contribution in [0.5, 0.6) is 0 Å². The summed E-state index contributed by atoms with van der Waals surface area (Å²) in [5.41, 5.74) is 18.3. The van der Waals surface area contributed by atoms with Gasteiger partial charge in [0.25, 0.3) is 0 Å². The van der Waals surface area contributed by atoms with Crippen LogP contribution in [0.3, 0.4) is 0 Å². The van der Waals surface area contributed by atoms with Crippen LogP contribution in [-0.2, 0) is 5.41 Å². The monoisotopic (exact) mass is 872 g/mol. The Bertz CT molecular complexity index is 3930. The molecule has 0 unspecified atom stereocenters. The summed E-state index contributed by atoms with van der Waals surface area (Å²) in [6.07, 6.45) is 6.21. The second kappa shape index (κ2) is 15.3. The maximum absolute atomic E-state index is 6.53. The van der Waals surface area contributed by atoms with Crippen molar-refractivity contribution >= 4 is 43.7 Å². The van der Waals surface area contributed by atoms with Crippen molar-refractivity contribution < 1.29 is 4.42 Å². The Morgan fingerprint density at radius 1 is 0.353 bits per heavy atom. The van der Waals surface area contributed by atoms with Gasteiger partial charge in [-0.2, -0.15) is 0 Å². The average Bonchev–Trinajstić information content (AvgIpc) is 4.03. The van der Waals surface area contributed by atoms with Crippen molar-refractivity contribution in [3.05, 3.63) is 217 Å². The molecule has 0 atom stereocenters. The van der Waals surface area contributed by atoms with Gasteiger partial charge in [-0.05, 0) is 99.8 Å². The summed E-state index contributed by atoms with van der Waals surface area (Å²) < 4.78 is 8.99. The normalized spacial score (nSPS) is 14.0. The molecule has 5 nitrogen and oxygen atoms in total. The van der Waals surface area contributed by atoms with Crippen LogP contribution in [0.15, 0.2) is 211 Å². The van der Waals surface area contributed by atoms with E-state index in [1.165, 1.54) is 76.2 Å². The van der Waals surface area contributed by atoms with Crippen molar-refractivity contribution in [1.29, 1.82) is 0 Å². The van der Waals surface area contributed by atoms with Gasteiger partial charge in [0.2, 0.25) is 0 Å². The maximum atomic E-state index is 6.53. The zero-order chi connectivity index (χ0) is 44.8. The molecule has 12 aromatic rings. The van der Waals surface area contributed by atoms with E-state index in [2.05, 4.69) is 180 Å². The largest absolute Gasteiger partial charge is 0.456 e. The Morgan fingerprint density at radius 3 is 1.74 bits per heavy atom. The fraction of sp³-hybridized carbons (Fsp3) is 0.0952. The molecule has 14 rings (SSSR count). The summed E-state index contributed by atoms with van der Waals surface area (Å²) in [5, 5.41) is 4.78. The van der Waals surface area contributed by atoms with E-state index in [0.29, 0.717) is 17.5 Å². The summed E-state index contributed by atoms with van der Waals surface area (Å²) >= 11 is 0. The van der Waals surface area contributed by atoms with Crippen molar-refractivity contribution in [3.8, 4) is 73.2 Å². The highest BCUT2D eigenvalue weighted by Crippen LogP contribution is 2.57. The Labute approximate surface area is 394 Å². The number of furan rings is 1. The third-order valence-corrected chi connectivity index (χ3v) is 14.9. The van der Waals surface area contributed by atoms with E-state index in [4.69, 9.17) is 19.4 Å². The van der Waals surface area contributed by atoms with Gasteiger partial charge in [-0.25, -0.2) is 15.0 Å². The first-order valence-corrected chi connectivity index (χ1v) is 23.9. The standard InChI is InChI=1S/C63H44N4O/c1-4-15-40(16-5-1)41-25-27-43(28-26-41)61-64-60(42-17-6-2-7-18-42)65-62(66-61)46-20-14-19-44(35-46)45-29-31-49-53-38-55-52(48-21-8-10-23-54(48)63(55)33-12-3-13-34-63)39-57(53)67(56(49)36-45)47-30-32-51-50-22-9-11-24-58(50)68-59(51)37-47/h1-2,4-11,14-32,35-39H,3,12-13,33-34H2. The molecule has 3 heterocycles. The number of nitrogens with zero attached hydrogens (tertiary/aromatic N) is 4. The molecular formula is C63H44N4O. The van der Waals surface area contributed by atoms with Crippen LogP contribution in [0.1, 0.15) is 43.2 Å². The summed E-state index contributed by atoms with van der Waals surface area (Å²) in [5.74, 6) is 1.90. The van der Waals surface area contributed by atoms with E-state index < -0.39 is 0 Å². The molecule has 0 radical (unpaired) electrons. The minimum atomic E-state index is 0.0568. The summed E-state index contributed by atoms with van der Waals surface area (Å²) in [7, 11) is 0. The van der Waals surface area contributed by atoms with Gasteiger partial charge < -0.3 is 8.98 Å². The van der Waals surface area contributed by atoms with Crippen LogP contribution in [0, 0.1) is 0 Å². The summed E-state index contributed by atoms with van der Waals surface area (Å²) in [6, 6.07) is 74.0. The molecule has 68 heavy (non-hydrogen) atoms. The van der Waals surface area contributed by atoms with Gasteiger partial charge in [-0.15, -0.1) is 0 Å². The highest BCUT2D eigenvalue weighted by atomic mass is 16.3. The van der Waals surface area contributed by atoms with Crippen LogP contribution < -0.4 is 0 Å². The zero-order valence-electron chi connectivity index (χ0n) is 37.4. The van der Waals surface area contributed by atoms with Crippen LogP contribution in [-0.4, -0.2) is 19.5 Å². The second-order valence-corrected chi connectivity index (χ2v) is 18.6. The second-order valence-electron chi connectivity index (χ2n) is 18.6. The molecule has 5 heteroatoms.